The predicted octanol–water partition coefficient (Wildman–Crippen LogP) is 2.49. The molecule has 1 aliphatic carbocycles. The molecule has 1 aromatic heterocycles. The summed E-state index contributed by atoms with van der Waals surface area (Å²) in [7, 11) is 0. The summed E-state index contributed by atoms with van der Waals surface area (Å²) in [5.41, 5.74) is 2.02. The maximum absolute atomic E-state index is 11.5. The third-order valence-corrected chi connectivity index (χ3v) is 5.79. The molecule has 3 aliphatic rings. The van der Waals surface area contributed by atoms with Crippen molar-refractivity contribution in [1.82, 2.24) is 9.88 Å². The lowest BCUT2D eigenvalue weighted by Crippen LogP contribution is -2.51. The quantitative estimate of drug-likeness (QED) is 0.853. The van der Waals surface area contributed by atoms with Crippen LogP contribution in [-0.4, -0.2) is 39.7 Å². The molecule has 3 nitrogen and oxygen atoms in total. The van der Waals surface area contributed by atoms with Crippen LogP contribution in [0.4, 0.5) is 0 Å². The van der Waals surface area contributed by atoms with Crippen LogP contribution in [-0.2, 0) is 6.42 Å². The van der Waals surface area contributed by atoms with Gasteiger partial charge in [-0.15, -0.1) is 0 Å². The van der Waals surface area contributed by atoms with Gasteiger partial charge in [0.1, 0.15) is 0 Å². The predicted molar refractivity (Wildman–Crippen MR) is 78.7 cm³/mol. The maximum atomic E-state index is 11.5. The van der Waals surface area contributed by atoms with Crippen molar-refractivity contribution < 1.29 is 5.11 Å². The van der Waals surface area contributed by atoms with E-state index in [1.165, 1.54) is 37.1 Å². The molecule has 2 aliphatic heterocycles. The largest absolute Gasteiger partial charge is 0.388 e. The lowest BCUT2D eigenvalue weighted by atomic mass is 9.71. The number of aromatic nitrogens is 1. The molecular formula is C17H24N2O. The van der Waals surface area contributed by atoms with Crippen molar-refractivity contribution in [2.45, 2.75) is 62.5 Å². The number of piperidine rings is 1. The molecule has 4 rings (SSSR count). The van der Waals surface area contributed by atoms with E-state index in [0.29, 0.717) is 6.04 Å². The normalized spacial score (nSPS) is 37.5. The van der Waals surface area contributed by atoms with Crippen LogP contribution in [0.15, 0.2) is 18.3 Å². The minimum Gasteiger partial charge on any atom is -0.388 e. The van der Waals surface area contributed by atoms with E-state index in [-0.39, 0.29) is 5.92 Å². The number of hydrogen-bond acceptors (Lipinski definition) is 3. The Morgan fingerprint density at radius 2 is 2.15 bits per heavy atom. The zero-order valence-corrected chi connectivity index (χ0v) is 12.1. The Bertz CT molecular complexity index is 504. The van der Waals surface area contributed by atoms with Gasteiger partial charge in [-0.05, 0) is 56.7 Å². The Balaban J connectivity index is 1.70. The van der Waals surface area contributed by atoms with E-state index in [1.54, 1.807) is 0 Å². The molecule has 108 valence electrons. The van der Waals surface area contributed by atoms with Crippen molar-refractivity contribution in [2.75, 3.05) is 13.1 Å². The molecule has 20 heavy (non-hydrogen) atoms. The fraction of sp³-hybridized carbons (Fsp3) is 0.706. The number of aliphatic hydroxyl groups is 1. The SMILES string of the molecule is OC1(C2CCCc3cccnc32)CCN2CCCCC21. The fourth-order valence-corrected chi connectivity index (χ4v) is 4.82. The molecule has 3 atom stereocenters. The zero-order chi connectivity index (χ0) is 13.6. The van der Waals surface area contributed by atoms with Crippen molar-refractivity contribution in [3.63, 3.8) is 0 Å². The van der Waals surface area contributed by atoms with E-state index >= 15 is 0 Å². The summed E-state index contributed by atoms with van der Waals surface area (Å²) in [6.07, 6.45) is 9.98. The molecule has 0 spiro atoms. The standard InChI is InChI=1S/C17H24N2O/c20-17(9-12-19-11-2-1-8-15(17)19)14-7-3-5-13-6-4-10-18-16(13)14/h4,6,10,14-15,20H,1-3,5,7-9,11-12H2. The number of aryl methyl sites for hydroxylation is 1. The third kappa shape index (κ3) is 1.83. The van der Waals surface area contributed by atoms with Crippen LogP contribution >= 0.6 is 0 Å². The Labute approximate surface area is 121 Å². The molecule has 0 saturated carbocycles. The number of rotatable bonds is 1. The van der Waals surface area contributed by atoms with Crippen LogP contribution in [0.3, 0.4) is 0 Å². The highest BCUT2D eigenvalue weighted by atomic mass is 16.3. The average molecular weight is 272 g/mol. The van der Waals surface area contributed by atoms with Gasteiger partial charge in [0.05, 0.1) is 5.60 Å². The molecule has 0 aromatic carbocycles. The molecule has 0 radical (unpaired) electrons. The molecule has 1 N–H and O–H groups in total. The third-order valence-electron chi connectivity index (χ3n) is 5.79. The Morgan fingerprint density at radius 3 is 3.10 bits per heavy atom. The van der Waals surface area contributed by atoms with Crippen molar-refractivity contribution in [1.29, 1.82) is 0 Å². The van der Waals surface area contributed by atoms with E-state index < -0.39 is 5.60 Å². The van der Waals surface area contributed by atoms with Gasteiger partial charge in [0.2, 0.25) is 0 Å². The lowest BCUT2D eigenvalue weighted by Gasteiger charge is -2.43. The van der Waals surface area contributed by atoms with E-state index in [9.17, 15) is 5.11 Å². The molecule has 3 heterocycles. The smallest absolute Gasteiger partial charge is 0.0897 e. The molecule has 0 bridgehead atoms. The van der Waals surface area contributed by atoms with Gasteiger partial charge < -0.3 is 5.11 Å². The molecular weight excluding hydrogens is 248 g/mol. The molecule has 2 saturated heterocycles. The molecule has 2 fully saturated rings. The minimum atomic E-state index is -0.538. The van der Waals surface area contributed by atoms with E-state index in [1.807, 2.05) is 12.3 Å². The van der Waals surface area contributed by atoms with Gasteiger partial charge in [0, 0.05) is 30.4 Å². The van der Waals surface area contributed by atoms with Crippen LogP contribution in [0.25, 0.3) is 0 Å². The summed E-state index contributed by atoms with van der Waals surface area (Å²) in [6, 6.07) is 4.60. The second-order valence-corrected chi connectivity index (χ2v) is 6.78. The number of pyridine rings is 1. The highest BCUT2D eigenvalue weighted by molar-refractivity contribution is 5.30. The molecule has 0 amide bonds. The van der Waals surface area contributed by atoms with E-state index in [4.69, 9.17) is 0 Å². The molecule has 1 aromatic rings. The van der Waals surface area contributed by atoms with Crippen LogP contribution in [0.2, 0.25) is 0 Å². The van der Waals surface area contributed by atoms with Crippen LogP contribution in [0.5, 0.6) is 0 Å². The van der Waals surface area contributed by atoms with Gasteiger partial charge in [-0.1, -0.05) is 12.5 Å². The first-order chi connectivity index (χ1) is 9.79. The fourth-order valence-electron chi connectivity index (χ4n) is 4.82. The first-order valence-corrected chi connectivity index (χ1v) is 8.19. The van der Waals surface area contributed by atoms with Crippen LogP contribution in [0, 0.1) is 0 Å². The van der Waals surface area contributed by atoms with E-state index in [0.717, 1.165) is 32.2 Å². The second kappa shape index (κ2) is 4.81. The van der Waals surface area contributed by atoms with Gasteiger partial charge in [0.15, 0.2) is 0 Å². The lowest BCUT2D eigenvalue weighted by molar-refractivity contribution is -0.0369. The summed E-state index contributed by atoms with van der Waals surface area (Å²) < 4.78 is 0. The van der Waals surface area contributed by atoms with Crippen molar-refractivity contribution in [3.05, 3.63) is 29.6 Å². The summed E-state index contributed by atoms with van der Waals surface area (Å²) in [5.74, 6) is 0.251. The Kier molecular flexibility index (Phi) is 3.08. The summed E-state index contributed by atoms with van der Waals surface area (Å²) in [5, 5.41) is 11.5. The topological polar surface area (TPSA) is 36.4 Å². The second-order valence-electron chi connectivity index (χ2n) is 6.78. The zero-order valence-electron chi connectivity index (χ0n) is 12.1. The van der Waals surface area contributed by atoms with Crippen LogP contribution < -0.4 is 0 Å². The van der Waals surface area contributed by atoms with Crippen LogP contribution in [0.1, 0.15) is 55.7 Å². The molecule has 3 unspecified atom stereocenters. The number of nitrogens with zero attached hydrogens (tertiary/aromatic N) is 2. The van der Waals surface area contributed by atoms with Crippen molar-refractivity contribution in [2.24, 2.45) is 0 Å². The first-order valence-electron chi connectivity index (χ1n) is 8.19. The highest BCUT2D eigenvalue weighted by Gasteiger charge is 2.52. The summed E-state index contributed by atoms with van der Waals surface area (Å²) in [6.45, 7) is 2.24. The summed E-state index contributed by atoms with van der Waals surface area (Å²) >= 11 is 0. The highest BCUT2D eigenvalue weighted by Crippen LogP contribution is 2.47. The first kappa shape index (κ1) is 12.8. The van der Waals surface area contributed by atoms with Crippen molar-refractivity contribution in [3.8, 4) is 0 Å². The number of hydrogen-bond donors (Lipinski definition) is 1. The monoisotopic (exact) mass is 272 g/mol. The van der Waals surface area contributed by atoms with Gasteiger partial charge in [-0.2, -0.15) is 0 Å². The van der Waals surface area contributed by atoms with Gasteiger partial charge >= 0.3 is 0 Å². The molecule has 3 heteroatoms. The van der Waals surface area contributed by atoms with Gasteiger partial charge in [-0.25, -0.2) is 0 Å². The van der Waals surface area contributed by atoms with Gasteiger partial charge in [0.25, 0.3) is 0 Å². The Morgan fingerprint density at radius 1 is 1.20 bits per heavy atom. The van der Waals surface area contributed by atoms with E-state index in [2.05, 4.69) is 16.0 Å². The van der Waals surface area contributed by atoms with Crippen molar-refractivity contribution >= 4 is 0 Å². The number of fused-ring (bicyclic) bond motifs is 2. The average Bonchev–Trinajstić information content (AvgIpc) is 2.86. The van der Waals surface area contributed by atoms with Gasteiger partial charge in [-0.3, -0.25) is 9.88 Å². The Hall–Kier alpha value is -0.930. The minimum absolute atomic E-state index is 0.251. The summed E-state index contributed by atoms with van der Waals surface area (Å²) in [4.78, 5) is 7.18. The maximum Gasteiger partial charge on any atom is 0.0897 e.